The van der Waals surface area contributed by atoms with Crippen LogP contribution in [0.3, 0.4) is 0 Å². The Balaban J connectivity index is 4.52. The van der Waals surface area contributed by atoms with Gasteiger partial charge in [0.2, 0.25) is 0 Å². The molecule has 0 amide bonds. The van der Waals surface area contributed by atoms with Gasteiger partial charge in [0.1, 0.15) is 0 Å². The summed E-state index contributed by atoms with van der Waals surface area (Å²) in [5.41, 5.74) is 0. The van der Waals surface area contributed by atoms with Gasteiger partial charge in [0.05, 0.1) is 12.3 Å². The summed E-state index contributed by atoms with van der Waals surface area (Å²) in [6, 6.07) is 0. The molecule has 17 heavy (non-hydrogen) atoms. The molecule has 1 unspecified atom stereocenters. The molecule has 1 N–H and O–H groups in total. The van der Waals surface area contributed by atoms with Crippen molar-refractivity contribution in [3.8, 4) is 0 Å². The Kier molecular flexibility index (Phi) is 7.13. The van der Waals surface area contributed by atoms with Crippen molar-refractivity contribution in [1.82, 2.24) is 0 Å². The summed E-state index contributed by atoms with van der Waals surface area (Å²) >= 11 is 0. The fourth-order valence-corrected chi connectivity index (χ4v) is 1.33. The number of carboxylic acids is 1. The van der Waals surface area contributed by atoms with E-state index in [2.05, 4.69) is 0 Å². The number of hydrogen-bond donors (Lipinski definition) is 1. The third-order valence-corrected chi connectivity index (χ3v) is 2.07. The van der Waals surface area contributed by atoms with Crippen molar-refractivity contribution in [3.63, 3.8) is 0 Å². The molecule has 0 aliphatic heterocycles. The van der Waals surface area contributed by atoms with Crippen LogP contribution >= 0.6 is 0 Å². The van der Waals surface area contributed by atoms with E-state index in [1.54, 1.807) is 13.8 Å². The van der Waals surface area contributed by atoms with E-state index in [0.29, 0.717) is 0 Å². The summed E-state index contributed by atoms with van der Waals surface area (Å²) in [4.78, 5) is 10.4. The number of carboxylic acid groups (broad SMARTS) is 1. The Morgan fingerprint density at radius 1 is 1.24 bits per heavy atom. The summed E-state index contributed by atoms with van der Waals surface area (Å²) in [6.07, 6.45) is -7.06. The molecule has 0 spiro atoms. The molecule has 0 saturated carbocycles. The maximum Gasteiger partial charge on any atom is 0.392 e. The summed E-state index contributed by atoms with van der Waals surface area (Å²) in [5.74, 6) is -3.44. The number of carbonyl (C=O) groups is 1. The van der Waals surface area contributed by atoms with Gasteiger partial charge in [0.15, 0.2) is 6.29 Å². The van der Waals surface area contributed by atoms with Crippen LogP contribution in [0.25, 0.3) is 0 Å². The number of aliphatic carboxylic acids is 1. The summed E-state index contributed by atoms with van der Waals surface area (Å²) < 4.78 is 47.6. The molecule has 0 heterocycles. The minimum atomic E-state index is -4.56. The highest BCUT2D eigenvalue weighted by atomic mass is 19.4. The van der Waals surface area contributed by atoms with Crippen LogP contribution in [0, 0.1) is 5.92 Å². The van der Waals surface area contributed by atoms with Crippen molar-refractivity contribution < 1.29 is 32.5 Å². The normalized spacial score (nSPS) is 14.0. The first-order chi connectivity index (χ1) is 7.81. The molecule has 102 valence electrons. The van der Waals surface area contributed by atoms with E-state index in [1.165, 1.54) is 0 Å². The molecule has 7 heteroatoms. The maximum atomic E-state index is 12.5. The fourth-order valence-electron chi connectivity index (χ4n) is 1.33. The molecular formula is C10H17F3O4. The second-order valence-electron chi connectivity index (χ2n) is 3.41. The van der Waals surface area contributed by atoms with Gasteiger partial charge < -0.3 is 14.6 Å². The second-order valence-corrected chi connectivity index (χ2v) is 3.41. The minimum Gasteiger partial charge on any atom is -0.481 e. The molecule has 0 saturated heterocycles. The second kappa shape index (κ2) is 7.50. The molecule has 0 aromatic heterocycles. The zero-order valence-electron chi connectivity index (χ0n) is 9.79. The number of alkyl halides is 3. The van der Waals surface area contributed by atoms with E-state index in [9.17, 15) is 18.0 Å². The SMILES string of the molecule is CCOC(CC(CC(=O)O)C(F)(F)F)OCC. The number of ether oxygens (including phenoxy) is 2. The minimum absolute atomic E-state index is 0.211. The standard InChI is InChI=1S/C10H17F3O4/c1-3-16-9(17-4-2)6-7(5-8(14)15)10(11,12)13/h7,9H,3-6H2,1-2H3,(H,14,15). The Hall–Kier alpha value is -0.820. The lowest BCUT2D eigenvalue weighted by molar-refractivity contribution is -0.213. The van der Waals surface area contributed by atoms with Crippen molar-refractivity contribution in [1.29, 1.82) is 0 Å². The highest BCUT2D eigenvalue weighted by Gasteiger charge is 2.42. The van der Waals surface area contributed by atoms with Crippen LogP contribution in [0.1, 0.15) is 26.7 Å². The average molecular weight is 258 g/mol. The van der Waals surface area contributed by atoms with E-state index in [1.807, 2.05) is 0 Å². The molecule has 0 rings (SSSR count). The largest absolute Gasteiger partial charge is 0.481 e. The molecule has 0 radical (unpaired) electrons. The van der Waals surface area contributed by atoms with Crippen LogP contribution in [0.2, 0.25) is 0 Å². The lowest BCUT2D eigenvalue weighted by Gasteiger charge is -2.24. The number of halogens is 3. The topological polar surface area (TPSA) is 55.8 Å². The first kappa shape index (κ1) is 16.2. The molecule has 0 fully saturated rings. The van der Waals surface area contributed by atoms with Gasteiger partial charge in [-0.1, -0.05) is 0 Å². The molecule has 0 aliphatic carbocycles. The Morgan fingerprint density at radius 2 is 1.71 bits per heavy atom. The molecule has 0 aromatic rings. The third-order valence-electron chi connectivity index (χ3n) is 2.07. The van der Waals surface area contributed by atoms with E-state index in [0.717, 1.165) is 0 Å². The Morgan fingerprint density at radius 3 is 2.00 bits per heavy atom. The summed E-state index contributed by atoms with van der Waals surface area (Å²) in [5, 5.41) is 8.44. The van der Waals surface area contributed by atoms with Crippen LogP contribution in [0.15, 0.2) is 0 Å². The average Bonchev–Trinajstić information content (AvgIpc) is 2.15. The lowest BCUT2D eigenvalue weighted by Crippen LogP contribution is -2.31. The third kappa shape index (κ3) is 7.17. The smallest absolute Gasteiger partial charge is 0.392 e. The van der Waals surface area contributed by atoms with Gasteiger partial charge in [0.25, 0.3) is 0 Å². The summed E-state index contributed by atoms with van der Waals surface area (Å²) in [6.45, 7) is 3.68. The zero-order chi connectivity index (χ0) is 13.5. The number of hydrogen-bond acceptors (Lipinski definition) is 3. The molecule has 0 aromatic carbocycles. The molecule has 1 atom stereocenters. The highest BCUT2D eigenvalue weighted by molar-refractivity contribution is 5.67. The predicted molar refractivity (Wildman–Crippen MR) is 53.5 cm³/mol. The van der Waals surface area contributed by atoms with Crippen LogP contribution in [0.4, 0.5) is 13.2 Å². The fraction of sp³-hybridized carbons (Fsp3) is 0.900. The zero-order valence-corrected chi connectivity index (χ0v) is 9.79. The monoisotopic (exact) mass is 258 g/mol. The first-order valence-electron chi connectivity index (χ1n) is 5.32. The van der Waals surface area contributed by atoms with Crippen molar-refractivity contribution in [2.75, 3.05) is 13.2 Å². The molecule has 0 aliphatic rings. The Bertz CT molecular complexity index is 224. The first-order valence-corrected chi connectivity index (χ1v) is 5.32. The maximum absolute atomic E-state index is 12.5. The molecular weight excluding hydrogens is 241 g/mol. The van der Waals surface area contributed by atoms with Crippen molar-refractivity contribution in [3.05, 3.63) is 0 Å². The summed E-state index contributed by atoms with van der Waals surface area (Å²) in [7, 11) is 0. The van der Waals surface area contributed by atoms with E-state index < -0.39 is 37.2 Å². The Labute approximate surface area is 97.7 Å². The van der Waals surface area contributed by atoms with Gasteiger partial charge in [-0.3, -0.25) is 4.79 Å². The van der Waals surface area contributed by atoms with Crippen molar-refractivity contribution >= 4 is 5.97 Å². The van der Waals surface area contributed by atoms with Gasteiger partial charge in [-0.05, 0) is 13.8 Å². The van der Waals surface area contributed by atoms with Crippen LogP contribution < -0.4 is 0 Å². The van der Waals surface area contributed by atoms with Crippen LogP contribution in [0.5, 0.6) is 0 Å². The number of rotatable bonds is 8. The van der Waals surface area contributed by atoms with Gasteiger partial charge in [0, 0.05) is 19.6 Å². The van der Waals surface area contributed by atoms with Crippen molar-refractivity contribution in [2.45, 2.75) is 39.2 Å². The van der Waals surface area contributed by atoms with E-state index >= 15 is 0 Å². The van der Waals surface area contributed by atoms with Gasteiger partial charge in [-0.2, -0.15) is 13.2 Å². The van der Waals surface area contributed by atoms with Crippen LogP contribution in [-0.4, -0.2) is 36.8 Å². The van der Waals surface area contributed by atoms with Gasteiger partial charge in [-0.15, -0.1) is 0 Å². The quantitative estimate of drug-likeness (QED) is 0.679. The van der Waals surface area contributed by atoms with E-state index in [4.69, 9.17) is 14.6 Å². The molecule has 4 nitrogen and oxygen atoms in total. The van der Waals surface area contributed by atoms with Gasteiger partial charge >= 0.3 is 12.1 Å². The van der Waals surface area contributed by atoms with Gasteiger partial charge in [-0.25, -0.2) is 0 Å². The predicted octanol–water partition coefficient (Wildman–Crippen LogP) is 2.43. The van der Waals surface area contributed by atoms with E-state index in [-0.39, 0.29) is 13.2 Å². The highest BCUT2D eigenvalue weighted by Crippen LogP contribution is 2.33. The van der Waals surface area contributed by atoms with Crippen LogP contribution in [-0.2, 0) is 14.3 Å². The van der Waals surface area contributed by atoms with Crippen molar-refractivity contribution in [2.24, 2.45) is 5.92 Å². The lowest BCUT2D eigenvalue weighted by atomic mass is 10.0. The molecule has 0 bridgehead atoms.